The molecule has 0 aromatic rings. The van der Waals surface area contributed by atoms with Gasteiger partial charge in [0.2, 0.25) is 5.78 Å². The third-order valence-corrected chi connectivity index (χ3v) is 0.830. The fourth-order valence-electron chi connectivity index (χ4n) is 0.313. The van der Waals surface area contributed by atoms with Crippen LogP contribution in [0.4, 0.5) is 0 Å². The standard InChI is InChI=1S/C5H9NO3/c1-3(7)4(8)5(9)6-2/h3,7H,1-2H3,(H,6,9). The average Bonchev–Trinajstić information content (AvgIpc) is 1.84. The first kappa shape index (κ1) is 8.10. The maximum atomic E-state index is 10.4. The van der Waals surface area contributed by atoms with Crippen LogP contribution in [0.5, 0.6) is 0 Å². The van der Waals surface area contributed by atoms with Gasteiger partial charge in [-0.15, -0.1) is 0 Å². The zero-order chi connectivity index (χ0) is 7.44. The van der Waals surface area contributed by atoms with E-state index in [-0.39, 0.29) is 0 Å². The summed E-state index contributed by atoms with van der Waals surface area (Å²) in [6.07, 6.45) is -1.20. The molecule has 2 N–H and O–H groups in total. The van der Waals surface area contributed by atoms with Crippen molar-refractivity contribution in [3.63, 3.8) is 0 Å². The Balaban J connectivity index is 3.89. The first-order chi connectivity index (χ1) is 4.09. The van der Waals surface area contributed by atoms with E-state index in [1.165, 1.54) is 14.0 Å². The Bertz CT molecular complexity index is 130. The molecule has 4 heteroatoms. The van der Waals surface area contributed by atoms with E-state index in [0.717, 1.165) is 0 Å². The van der Waals surface area contributed by atoms with E-state index in [0.29, 0.717) is 0 Å². The summed E-state index contributed by atoms with van der Waals surface area (Å²) in [7, 11) is 1.34. The second kappa shape index (κ2) is 3.19. The third-order valence-electron chi connectivity index (χ3n) is 0.830. The summed E-state index contributed by atoms with van der Waals surface area (Å²) < 4.78 is 0. The maximum absolute atomic E-state index is 10.4. The van der Waals surface area contributed by atoms with Crippen LogP contribution in [-0.4, -0.2) is 29.9 Å². The van der Waals surface area contributed by atoms with Gasteiger partial charge in [-0.1, -0.05) is 0 Å². The third kappa shape index (κ3) is 2.23. The van der Waals surface area contributed by atoms with Gasteiger partial charge in [0.15, 0.2) is 0 Å². The highest BCUT2D eigenvalue weighted by Crippen LogP contribution is 1.81. The second-order valence-electron chi connectivity index (χ2n) is 1.62. The van der Waals surface area contributed by atoms with Crippen LogP contribution in [0.15, 0.2) is 0 Å². The Kier molecular flexibility index (Phi) is 2.87. The fourth-order valence-corrected chi connectivity index (χ4v) is 0.313. The number of amides is 1. The Hall–Kier alpha value is -0.900. The number of carbonyl (C=O) groups excluding carboxylic acids is 2. The number of carbonyl (C=O) groups is 2. The molecular formula is C5H9NO3. The Morgan fingerprint density at radius 2 is 2.00 bits per heavy atom. The lowest BCUT2D eigenvalue weighted by Gasteiger charge is -1.98. The first-order valence-corrected chi connectivity index (χ1v) is 2.53. The molecule has 0 saturated heterocycles. The largest absolute Gasteiger partial charge is 0.385 e. The molecule has 0 aromatic heterocycles. The predicted octanol–water partition coefficient (Wildman–Crippen LogP) is -1.32. The highest BCUT2D eigenvalue weighted by atomic mass is 16.3. The summed E-state index contributed by atoms with van der Waals surface area (Å²) in [5, 5.41) is 10.6. The molecule has 0 spiro atoms. The van der Waals surface area contributed by atoms with Crippen LogP contribution in [0.1, 0.15) is 6.92 Å². The van der Waals surface area contributed by atoms with Crippen molar-refractivity contribution >= 4 is 11.7 Å². The molecule has 0 aliphatic carbocycles. The fraction of sp³-hybridized carbons (Fsp3) is 0.600. The molecule has 0 saturated carbocycles. The molecule has 4 nitrogen and oxygen atoms in total. The highest BCUT2D eigenvalue weighted by Gasteiger charge is 2.16. The number of rotatable bonds is 2. The average molecular weight is 131 g/mol. The van der Waals surface area contributed by atoms with Crippen molar-refractivity contribution in [2.45, 2.75) is 13.0 Å². The summed E-state index contributed by atoms with van der Waals surface area (Å²) in [5.41, 5.74) is 0. The molecule has 0 heterocycles. The molecule has 0 fully saturated rings. The van der Waals surface area contributed by atoms with E-state index < -0.39 is 17.8 Å². The van der Waals surface area contributed by atoms with Crippen molar-refractivity contribution in [1.82, 2.24) is 5.32 Å². The zero-order valence-electron chi connectivity index (χ0n) is 5.34. The zero-order valence-corrected chi connectivity index (χ0v) is 5.34. The van der Waals surface area contributed by atoms with Gasteiger partial charge in [0.25, 0.3) is 5.91 Å². The Morgan fingerprint density at radius 3 is 2.11 bits per heavy atom. The van der Waals surface area contributed by atoms with E-state index >= 15 is 0 Å². The van der Waals surface area contributed by atoms with Gasteiger partial charge in [0.1, 0.15) is 6.10 Å². The van der Waals surface area contributed by atoms with Gasteiger partial charge in [-0.2, -0.15) is 0 Å². The number of likely N-dealkylation sites (N-methyl/N-ethyl adjacent to an activating group) is 1. The monoisotopic (exact) mass is 131 g/mol. The summed E-state index contributed by atoms with van der Waals surface area (Å²) >= 11 is 0. The maximum Gasteiger partial charge on any atom is 0.289 e. The van der Waals surface area contributed by atoms with Gasteiger partial charge in [-0.05, 0) is 6.92 Å². The van der Waals surface area contributed by atoms with E-state index in [1.807, 2.05) is 0 Å². The molecular weight excluding hydrogens is 122 g/mol. The predicted molar refractivity (Wildman–Crippen MR) is 30.8 cm³/mol. The number of Topliss-reactive ketones (excluding diaryl/α,β-unsaturated/α-hetero) is 1. The lowest BCUT2D eigenvalue weighted by Crippen LogP contribution is -2.34. The normalized spacial score (nSPS) is 12.3. The summed E-state index contributed by atoms with van der Waals surface area (Å²) in [6, 6.07) is 0. The van der Waals surface area contributed by atoms with Crippen LogP contribution in [-0.2, 0) is 9.59 Å². The lowest BCUT2D eigenvalue weighted by atomic mass is 10.2. The SMILES string of the molecule is CNC(=O)C(=O)C(C)O. The van der Waals surface area contributed by atoms with E-state index in [4.69, 9.17) is 5.11 Å². The highest BCUT2D eigenvalue weighted by molar-refractivity contribution is 6.37. The molecule has 52 valence electrons. The van der Waals surface area contributed by atoms with Gasteiger partial charge in [-0.25, -0.2) is 0 Å². The molecule has 9 heavy (non-hydrogen) atoms. The van der Waals surface area contributed by atoms with Gasteiger partial charge in [0, 0.05) is 7.05 Å². The van der Waals surface area contributed by atoms with Crippen molar-refractivity contribution in [2.75, 3.05) is 7.05 Å². The second-order valence-corrected chi connectivity index (χ2v) is 1.62. The molecule has 0 radical (unpaired) electrons. The van der Waals surface area contributed by atoms with E-state index in [2.05, 4.69) is 5.32 Å². The van der Waals surface area contributed by atoms with Crippen LogP contribution >= 0.6 is 0 Å². The van der Waals surface area contributed by atoms with Crippen molar-refractivity contribution in [3.05, 3.63) is 0 Å². The Labute approximate surface area is 52.9 Å². The van der Waals surface area contributed by atoms with Crippen LogP contribution in [0.3, 0.4) is 0 Å². The van der Waals surface area contributed by atoms with Gasteiger partial charge in [-0.3, -0.25) is 9.59 Å². The van der Waals surface area contributed by atoms with Crippen LogP contribution < -0.4 is 5.32 Å². The number of hydrogen-bond acceptors (Lipinski definition) is 3. The molecule has 1 atom stereocenters. The molecule has 1 amide bonds. The number of ketones is 1. The topological polar surface area (TPSA) is 66.4 Å². The smallest absolute Gasteiger partial charge is 0.289 e. The minimum Gasteiger partial charge on any atom is -0.385 e. The van der Waals surface area contributed by atoms with Gasteiger partial charge >= 0.3 is 0 Å². The van der Waals surface area contributed by atoms with E-state index in [1.54, 1.807) is 0 Å². The van der Waals surface area contributed by atoms with Crippen LogP contribution in [0.25, 0.3) is 0 Å². The quantitative estimate of drug-likeness (QED) is 0.457. The molecule has 0 aliphatic heterocycles. The Morgan fingerprint density at radius 1 is 1.56 bits per heavy atom. The lowest BCUT2D eigenvalue weighted by molar-refractivity contribution is -0.141. The number of nitrogens with one attached hydrogen (secondary N) is 1. The van der Waals surface area contributed by atoms with Crippen molar-refractivity contribution in [1.29, 1.82) is 0 Å². The van der Waals surface area contributed by atoms with Gasteiger partial charge in [0.05, 0.1) is 0 Å². The molecule has 0 aliphatic rings. The van der Waals surface area contributed by atoms with Crippen molar-refractivity contribution in [3.8, 4) is 0 Å². The van der Waals surface area contributed by atoms with Crippen molar-refractivity contribution in [2.24, 2.45) is 0 Å². The number of aliphatic hydroxyl groups is 1. The number of hydrogen-bond donors (Lipinski definition) is 2. The van der Waals surface area contributed by atoms with Crippen molar-refractivity contribution < 1.29 is 14.7 Å². The molecule has 0 aromatic carbocycles. The molecule has 0 rings (SSSR count). The van der Waals surface area contributed by atoms with Gasteiger partial charge < -0.3 is 10.4 Å². The summed E-state index contributed by atoms with van der Waals surface area (Å²) in [5.74, 6) is -1.57. The number of aliphatic hydroxyl groups excluding tert-OH is 1. The molecule has 0 bridgehead atoms. The minimum atomic E-state index is -1.20. The van der Waals surface area contributed by atoms with E-state index in [9.17, 15) is 9.59 Å². The first-order valence-electron chi connectivity index (χ1n) is 2.53. The summed E-state index contributed by atoms with van der Waals surface area (Å²) in [4.78, 5) is 20.7. The molecule has 1 unspecified atom stereocenters. The minimum absolute atomic E-state index is 0.759. The summed E-state index contributed by atoms with van der Waals surface area (Å²) in [6.45, 7) is 1.25. The van der Waals surface area contributed by atoms with Crippen LogP contribution in [0, 0.1) is 0 Å². The van der Waals surface area contributed by atoms with Crippen LogP contribution in [0.2, 0.25) is 0 Å².